The predicted molar refractivity (Wildman–Crippen MR) is 92.7 cm³/mol. The molecule has 0 aromatic heterocycles. The van der Waals surface area contributed by atoms with Crippen molar-refractivity contribution in [1.82, 2.24) is 0 Å². The monoisotopic (exact) mass is 332 g/mol. The summed E-state index contributed by atoms with van der Waals surface area (Å²) in [6.07, 6.45) is -0.592. The Hall–Kier alpha value is -2.24. The Morgan fingerprint density at radius 2 is 1.58 bits per heavy atom. The van der Waals surface area contributed by atoms with E-state index in [1.807, 2.05) is 24.3 Å². The van der Waals surface area contributed by atoms with Crippen LogP contribution in [0.4, 0.5) is 0 Å². The van der Waals surface area contributed by atoms with Crippen LogP contribution in [0.25, 0.3) is 0 Å². The van der Waals surface area contributed by atoms with E-state index in [4.69, 9.17) is 14.2 Å². The lowest BCUT2D eigenvalue weighted by molar-refractivity contribution is -0.698. The lowest BCUT2D eigenvalue weighted by Gasteiger charge is -2.17. The first kappa shape index (κ1) is 18.1. The Morgan fingerprint density at radius 3 is 2.17 bits per heavy atom. The van der Waals surface area contributed by atoms with Crippen LogP contribution in [-0.4, -0.2) is 38.6 Å². The lowest BCUT2D eigenvalue weighted by atomic mass is 10.1. The Kier molecular flexibility index (Phi) is 6.90. The molecule has 130 valence electrons. The highest BCUT2D eigenvalue weighted by Crippen LogP contribution is 2.36. The average molecular weight is 332 g/mol. The van der Waals surface area contributed by atoms with Gasteiger partial charge >= 0.3 is 0 Å². The number of aliphatic hydroxyl groups is 1. The van der Waals surface area contributed by atoms with Gasteiger partial charge in [-0.25, -0.2) is 0 Å². The van der Waals surface area contributed by atoms with Crippen molar-refractivity contribution in [2.75, 3.05) is 27.4 Å². The summed E-state index contributed by atoms with van der Waals surface area (Å²) in [5.74, 6) is 1.68. The van der Waals surface area contributed by atoms with Crippen LogP contribution in [0.5, 0.6) is 17.2 Å². The maximum absolute atomic E-state index is 10.2. The average Bonchev–Trinajstić information content (AvgIpc) is 2.64. The van der Waals surface area contributed by atoms with Crippen molar-refractivity contribution in [3.63, 3.8) is 0 Å². The van der Waals surface area contributed by atoms with Gasteiger partial charge in [0.15, 0.2) is 11.5 Å². The number of nitrogens with two attached hydrogens (primary N) is 1. The first-order valence-electron chi connectivity index (χ1n) is 8.05. The molecular weight excluding hydrogens is 306 g/mol. The molecule has 0 heterocycles. The number of aliphatic hydroxyl groups excluding tert-OH is 1. The van der Waals surface area contributed by atoms with Crippen molar-refractivity contribution in [2.24, 2.45) is 0 Å². The van der Waals surface area contributed by atoms with Gasteiger partial charge in [0, 0.05) is 5.56 Å². The Labute approximate surface area is 143 Å². The molecule has 2 rings (SSSR count). The quantitative estimate of drug-likeness (QED) is 0.734. The zero-order valence-electron chi connectivity index (χ0n) is 14.4. The third kappa shape index (κ3) is 4.88. The summed E-state index contributed by atoms with van der Waals surface area (Å²) in [5.41, 5.74) is 1.23. The van der Waals surface area contributed by atoms with Crippen molar-refractivity contribution >= 4 is 0 Å². The van der Waals surface area contributed by atoms with E-state index in [0.717, 1.165) is 0 Å². The summed E-state index contributed by atoms with van der Waals surface area (Å²) in [6.45, 7) is 2.84. The highest BCUT2D eigenvalue weighted by atomic mass is 16.5. The first-order valence-corrected chi connectivity index (χ1v) is 8.05. The largest absolute Gasteiger partial charge is 0.493 e. The maximum Gasteiger partial charge on any atom is 0.203 e. The molecule has 2 aromatic rings. The van der Waals surface area contributed by atoms with Gasteiger partial charge in [0.1, 0.15) is 25.3 Å². The summed E-state index contributed by atoms with van der Waals surface area (Å²) in [7, 11) is 3.15. The van der Waals surface area contributed by atoms with E-state index < -0.39 is 6.10 Å². The number of benzene rings is 2. The summed E-state index contributed by atoms with van der Waals surface area (Å²) < 4.78 is 16.3. The molecule has 2 aromatic carbocycles. The zero-order chi connectivity index (χ0) is 17.4. The number of hydrogen-bond donors (Lipinski definition) is 2. The van der Waals surface area contributed by atoms with Gasteiger partial charge in [-0.2, -0.15) is 0 Å². The molecular formula is C19H26NO4+. The second kappa shape index (κ2) is 9.15. The first-order chi connectivity index (χ1) is 11.7. The summed E-state index contributed by atoms with van der Waals surface area (Å²) >= 11 is 0. The normalized spacial score (nSPS) is 13.2. The molecule has 2 atom stereocenters. The molecule has 0 fully saturated rings. The molecule has 0 saturated carbocycles. The number of quaternary nitrogens is 1. The molecule has 3 N–H and O–H groups in total. The molecule has 0 amide bonds. The van der Waals surface area contributed by atoms with Crippen LogP contribution in [0.1, 0.15) is 18.5 Å². The SMILES string of the molecule is COc1cccc(OC)c1OC[C@H](O)C[NH2+][C@H](C)c1ccccc1. The second-order valence-corrected chi connectivity index (χ2v) is 5.63. The van der Waals surface area contributed by atoms with Crippen molar-refractivity contribution in [3.05, 3.63) is 54.1 Å². The third-order valence-corrected chi connectivity index (χ3v) is 3.89. The minimum atomic E-state index is -0.592. The van der Waals surface area contributed by atoms with Crippen LogP contribution in [0, 0.1) is 0 Å². The topological polar surface area (TPSA) is 64.5 Å². The summed E-state index contributed by atoms with van der Waals surface area (Å²) in [6, 6.07) is 15.9. The van der Waals surface area contributed by atoms with Gasteiger partial charge in [0.25, 0.3) is 0 Å². The lowest BCUT2D eigenvalue weighted by Crippen LogP contribution is -2.87. The highest BCUT2D eigenvalue weighted by molar-refractivity contribution is 5.51. The summed E-state index contributed by atoms with van der Waals surface area (Å²) in [5, 5.41) is 12.3. The number of methoxy groups -OCH3 is 2. The maximum atomic E-state index is 10.2. The van der Waals surface area contributed by atoms with E-state index in [0.29, 0.717) is 23.8 Å². The van der Waals surface area contributed by atoms with Crippen LogP contribution in [0.2, 0.25) is 0 Å². The minimum absolute atomic E-state index is 0.175. The zero-order valence-corrected chi connectivity index (χ0v) is 14.4. The molecule has 0 radical (unpaired) electrons. The number of rotatable bonds is 9. The Balaban J connectivity index is 1.86. The molecule has 0 unspecified atom stereocenters. The van der Waals surface area contributed by atoms with Gasteiger partial charge in [-0.3, -0.25) is 0 Å². The van der Waals surface area contributed by atoms with Gasteiger partial charge in [-0.1, -0.05) is 36.4 Å². The van der Waals surface area contributed by atoms with E-state index in [2.05, 4.69) is 24.4 Å². The van der Waals surface area contributed by atoms with Gasteiger partial charge in [0.2, 0.25) is 5.75 Å². The second-order valence-electron chi connectivity index (χ2n) is 5.63. The highest BCUT2D eigenvalue weighted by Gasteiger charge is 2.16. The van der Waals surface area contributed by atoms with Gasteiger partial charge in [-0.15, -0.1) is 0 Å². The van der Waals surface area contributed by atoms with Crippen LogP contribution >= 0.6 is 0 Å². The van der Waals surface area contributed by atoms with E-state index in [1.54, 1.807) is 26.4 Å². The van der Waals surface area contributed by atoms with Crippen LogP contribution in [0.15, 0.2) is 48.5 Å². The molecule has 24 heavy (non-hydrogen) atoms. The fraction of sp³-hybridized carbons (Fsp3) is 0.368. The van der Waals surface area contributed by atoms with Crippen molar-refractivity contribution < 1.29 is 24.6 Å². The number of hydrogen-bond acceptors (Lipinski definition) is 4. The fourth-order valence-corrected chi connectivity index (χ4v) is 2.46. The Bertz CT molecular complexity index is 596. The van der Waals surface area contributed by atoms with E-state index in [1.165, 1.54) is 5.56 Å². The van der Waals surface area contributed by atoms with Crippen LogP contribution < -0.4 is 19.5 Å². The molecule has 0 saturated heterocycles. The van der Waals surface area contributed by atoms with Gasteiger partial charge in [-0.05, 0) is 19.1 Å². The summed E-state index contributed by atoms with van der Waals surface area (Å²) in [4.78, 5) is 0. The smallest absolute Gasteiger partial charge is 0.203 e. The van der Waals surface area contributed by atoms with Gasteiger partial charge < -0.3 is 24.6 Å². The minimum Gasteiger partial charge on any atom is -0.493 e. The fourth-order valence-electron chi connectivity index (χ4n) is 2.46. The molecule has 0 aliphatic rings. The van der Waals surface area contributed by atoms with E-state index >= 15 is 0 Å². The molecule has 5 heteroatoms. The van der Waals surface area contributed by atoms with Crippen LogP contribution in [-0.2, 0) is 0 Å². The van der Waals surface area contributed by atoms with E-state index in [9.17, 15) is 5.11 Å². The predicted octanol–water partition coefficient (Wildman–Crippen LogP) is 1.77. The third-order valence-electron chi connectivity index (χ3n) is 3.89. The number of para-hydroxylation sites is 1. The standard InChI is InChI=1S/C19H25NO4/c1-14(15-8-5-4-6-9-15)20-12-16(21)13-24-19-17(22-2)10-7-11-18(19)23-3/h4-11,14,16,20-21H,12-13H2,1-3H3/p+1/t14-,16-/m1/s1. The van der Waals surface area contributed by atoms with Crippen molar-refractivity contribution in [2.45, 2.75) is 19.1 Å². The molecule has 5 nitrogen and oxygen atoms in total. The molecule has 0 aliphatic heterocycles. The Morgan fingerprint density at radius 1 is 0.958 bits per heavy atom. The van der Waals surface area contributed by atoms with Crippen LogP contribution in [0.3, 0.4) is 0 Å². The molecule has 0 aliphatic carbocycles. The van der Waals surface area contributed by atoms with Crippen molar-refractivity contribution in [3.8, 4) is 17.2 Å². The van der Waals surface area contributed by atoms with Crippen molar-refractivity contribution in [1.29, 1.82) is 0 Å². The van der Waals surface area contributed by atoms with Gasteiger partial charge in [0.05, 0.1) is 14.2 Å². The molecule has 0 spiro atoms. The molecule has 0 bridgehead atoms. The number of ether oxygens (including phenoxy) is 3. The van der Waals surface area contributed by atoms with E-state index in [-0.39, 0.29) is 12.6 Å².